The van der Waals surface area contributed by atoms with Crippen LogP contribution in [0.5, 0.6) is 17.2 Å². The molecule has 0 radical (unpaired) electrons. The zero-order valence-electron chi connectivity index (χ0n) is 15.2. The summed E-state index contributed by atoms with van der Waals surface area (Å²) in [7, 11) is 4.49. The number of furan rings is 1. The molecule has 0 spiro atoms. The molecule has 1 aliphatic rings. The molecule has 0 aliphatic heterocycles. The SMILES string of the molecule is COc1cc(C(=O)N/N=C\c2ccc([C@@H]3C[C@H]3C)o2)cc(OC)c1OC. The second kappa shape index (κ2) is 7.51. The summed E-state index contributed by atoms with van der Waals surface area (Å²) in [5.41, 5.74) is 2.81. The van der Waals surface area contributed by atoms with Crippen molar-refractivity contribution in [1.82, 2.24) is 5.43 Å². The standard InChI is InChI=1S/C19H22N2O5/c1-11-7-14(11)15-6-5-13(26-15)10-20-21-19(22)12-8-16(23-2)18(25-4)17(9-12)24-3/h5-6,8-11,14H,7H2,1-4H3,(H,21,22)/b20-10-/t11-,14-/m1/s1. The van der Waals surface area contributed by atoms with Crippen molar-refractivity contribution >= 4 is 12.1 Å². The molecule has 0 unspecified atom stereocenters. The molecular formula is C19H22N2O5. The van der Waals surface area contributed by atoms with E-state index in [1.54, 1.807) is 12.1 Å². The number of benzene rings is 1. The van der Waals surface area contributed by atoms with Gasteiger partial charge in [-0.05, 0) is 36.6 Å². The average Bonchev–Trinajstić information content (AvgIpc) is 3.20. The van der Waals surface area contributed by atoms with Crippen LogP contribution >= 0.6 is 0 Å². The lowest BCUT2D eigenvalue weighted by atomic mass is 10.1. The molecule has 3 rings (SSSR count). The quantitative estimate of drug-likeness (QED) is 0.607. The van der Waals surface area contributed by atoms with Gasteiger partial charge in [-0.2, -0.15) is 5.10 Å². The minimum Gasteiger partial charge on any atom is -0.493 e. The normalized spacial score (nSPS) is 18.6. The van der Waals surface area contributed by atoms with E-state index in [2.05, 4.69) is 17.5 Å². The van der Waals surface area contributed by atoms with E-state index in [1.165, 1.54) is 27.5 Å². The van der Waals surface area contributed by atoms with Crippen LogP contribution in [0.15, 0.2) is 33.8 Å². The molecule has 1 aromatic carbocycles. The summed E-state index contributed by atoms with van der Waals surface area (Å²) in [6.07, 6.45) is 2.63. The van der Waals surface area contributed by atoms with Crippen molar-refractivity contribution in [3.05, 3.63) is 41.3 Å². The fraction of sp³-hybridized carbons (Fsp3) is 0.368. The fourth-order valence-corrected chi connectivity index (χ4v) is 2.79. The largest absolute Gasteiger partial charge is 0.493 e. The molecule has 1 aromatic heterocycles. The number of nitrogens with one attached hydrogen (secondary N) is 1. The maximum Gasteiger partial charge on any atom is 0.271 e. The lowest BCUT2D eigenvalue weighted by molar-refractivity contribution is 0.0954. The van der Waals surface area contributed by atoms with Gasteiger partial charge in [-0.15, -0.1) is 0 Å². The first kappa shape index (κ1) is 17.8. The predicted molar refractivity (Wildman–Crippen MR) is 96.4 cm³/mol. The second-order valence-electron chi connectivity index (χ2n) is 6.17. The number of carbonyl (C=O) groups is 1. The number of hydrogen-bond donors (Lipinski definition) is 1. The summed E-state index contributed by atoms with van der Waals surface area (Å²) in [6, 6.07) is 6.92. The van der Waals surface area contributed by atoms with Gasteiger partial charge in [-0.25, -0.2) is 5.43 Å². The third-order valence-electron chi connectivity index (χ3n) is 4.41. The number of nitrogens with zero attached hydrogens (tertiary/aromatic N) is 1. The molecule has 1 amide bonds. The molecule has 2 atom stereocenters. The Morgan fingerprint density at radius 1 is 1.19 bits per heavy atom. The van der Waals surface area contributed by atoms with Gasteiger partial charge in [0.15, 0.2) is 11.5 Å². The lowest BCUT2D eigenvalue weighted by Gasteiger charge is -2.13. The molecule has 7 heteroatoms. The number of rotatable bonds is 7. The molecule has 1 saturated carbocycles. The van der Waals surface area contributed by atoms with Crippen LogP contribution < -0.4 is 19.6 Å². The van der Waals surface area contributed by atoms with Gasteiger partial charge in [-0.1, -0.05) is 6.92 Å². The van der Waals surface area contributed by atoms with Crippen molar-refractivity contribution in [1.29, 1.82) is 0 Å². The summed E-state index contributed by atoms with van der Waals surface area (Å²) >= 11 is 0. The van der Waals surface area contributed by atoms with E-state index in [4.69, 9.17) is 18.6 Å². The van der Waals surface area contributed by atoms with Crippen molar-refractivity contribution in [3.8, 4) is 17.2 Å². The zero-order valence-corrected chi connectivity index (χ0v) is 15.2. The van der Waals surface area contributed by atoms with Gasteiger partial charge in [0.1, 0.15) is 11.5 Å². The van der Waals surface area contributed by atoms with Crippen molar-refractivity contribution in [3.63, 3.8) is 0 Å². The first-order valence-corrected chi connectivity index (χ1v) is 8.30. The average molecular weight is 358 g/mol. The van der Waals surface area contributed by atoms with Crippen molar-refractivity contribution < 1.29 is 23.4 Å². The molecule has 138 valence electrons. The molecule has 2 aromatic rings. The summed E-state index contributed by atoms with van der Waals surface area (Å²) < 4.78 is 21.4. The van der Waals surface area contributed by atoms with Crippen LogP contribution in [0.4, 0.5) is 0 Å². The number of hydrazone groups is 1. The molecule has 1 N–H and O–H groups in total. The monoisotopic (exact) mass is 358 g/mol. The highest BCUT2D eigenvalue weighted by Gasteiger charge is 2.36. The third-order valence-corrected chi connectivity index (χ3v) is 4.41. The van der Waals surface area contributed by atoms with Gasteiger partial charge in [0, 0.05) is 11.5 Å². The minimum absolute atomic E-state index is 0.337. The second-order valence-corrected chi connectivity index (χ2v) is 6.17. The van der Waals surface area contributed by atoms with Crippen LogP contribution in [0, 0.1) is 5.92 Å². The molecule has 1 heterocycles. The van der Waals surface area contributed by atoms with Crippen LogP contribution in [-0.2, 0) is 0 Å². The molecule has 1 aliphatic carbocycles. The first-order chi connectivity index (χ1) is 12.6. The van der Waals surface area contributed by atoms with Crippen LogP contribution in [0.25, 0.3) is 0 Å². The highest BCUT2D eigenvalue weighted by atomic mass is 16.5. The Balaban J connectivity index is 1.68. The highest BCUT2D eigenvalue weighted by molar-refractivity contribution is 5.96. The van der Waals surface area contributed by atoms with Gasteiger partial charge >= 0.3 is 0 Å². The third kappa shape index (κ3) is 3.66. The van der Waals surface area contributed by atoms with E-state index in [0.29, 0.717) is 40.4 Å². The summed E-state index contributed by atoms with van der Waals surface area (Å²) in [4.78, 5) is 12.3. The lowest BCUT2D eigenvalue weighted by Crippen LogP contribution is -2.18. The summed E-state index contributed by atoms with van der Waals surface area (Å²) in [6.45, 7) is 2.19. The van der Waals surface area contributed by atoms with Gasteiger partial charge in [-0.3, -0.25) is 4.79 Å². The number of methoxy groups -OCH3 is 3. The Bertz CT molecular complexity index is 802. The molecule has 26 heavy (non-hydrogen) atoms. The van der Waals surface area contributed by atoms with Crippen molar-refractivity contribution in [2.75, 3.05) is 21.3 Å². The molecule has 7 nitrogen and oxygen atoms in total. The number of amides is 1. The van der Waals surface area contributed by atoms with Gasteiger partial charge < -0.3 is 18.6 Å². The van der Waals surface area contributed by atoms with Gasteiger partial charge in [0.2, 0.25) is 5.75 Å². The summed E-state index contributed by atoms with van der Waals surface area (Å²) in [5.74, 6) is 3.57. The number of carbonyl (C=O) groups excluding carboxylic acids is 1. The maximum atomic E-state index is 12.3. The van der Waals surface area contributed by atoms with Crippen molar-refractivity contribution in [2.45, 2.75) is 19.3 Å². The van der Waals surface area contributed by atoms with Crippen LogP contribution in [0.1, 0.15) is 41.1 Å². The fourth-order valence-electron chi connectivity index (χ4n) is 2.79. The maximum absolute atomic E-state index is 12.3. The predicted octanol–water partition coefficient (Wildman–Crippen LogP) is 3.19. The number of ether oxygens (including phenoxy) is 3. The minimum atomic E-state index is -0.400. The Kier molecular flexibility index (Phi) is 5.16. The Labute approximate surface area is 151 Å². The van der Waals surface area contributed by atoms with Gasteiger partial charge in [0.05, 0.1) is 27.5 Å². The molecule has 0 bridgehead atoms. The van der Waals surface area contributed by atoms with Crippen LogP contribution in [0.2, 0.25) is 0 Å². The highest BCUT2D eigenvalue weighted by Crippen LogP contribution is 2.47. The topological polar surface area (TPSA) is 82.3 Å². The Morgan fingerprint density at radius 3 is 2.38 bits per heavy atom. The zero-order chi connectivity index (χ0) is 18.7. The molecule has 1 fully saturated rings. The van der Waals surface area contributed by atoms with E-state index in [1.807, 2.05) is 12.1 Å². The smallest absolute Gasteiger partial charge is 0.271 e. The van der Waals surface area contributed by atoms with Crippen molar-refractivity contribution in [2.24, 2.45) is 11.0 Å². The first-order valence-electron chi connectivity index (χ1n) is 8.30. The van der Waals surface area contributed by atoms with E-state index in [9.17, 15) is 4.79 Å². The van der Waals surface area contributed by atoms with Crippen LogP contribution in [0.3, 0.4) is 0 Å². The number of hydrogen-bond acceptors (Lipinski definition) is 6. The van der Waals surface area contributed by atoms with E-state index in [0.717, 1.165) is 12.2 Å². The molecular weight excluding hydrogens is 336 g/mol. The Morgan fingerprint density at radius 2 is 1.85 bits per heavy atom. The van der Waals surface area contributed by atoms with E-state index in [-0.39, 0.29) is 0 Å². The van der Waals surface area contributed by atoms with E-state index >= 15 is 0 Å². The summed E-state index contributed by atoms with van der Waals surface area (Å²) in [5, 5.41) is 3.95. The van der Waals surface area contributed by atoms with E-state index < -0.39 is 5.91 Å². The van der Waals surface area contributed by atoms with Gasteiger partial charge in [0.25, 0.3) is 5.91 Å². The molecule has 0 saturated heterocycles. The Hall–Kier alpha value is -2.96. The van der Waals surface area contributed by atoms with Crippen LogP contribution in [-0.4, -0.2) is 33.5 Å².